The maximum Gasteiger partial charge on any atom is 0.259 e. The Morgan fingerprint density at radius 1 is 1.25 bits per heavy atom. The second kappa shape index (κ2) is 6.30. The maximum atomic E-state index is 12.2. The molecule has 4 nitrogen and oxygen atoms in total. The number of halogens is 1. The molecule has 0 saturated heterocycles. The fourth-order valence-electron chi connectivity index (χ4n) is 1.72. The Morgan fingerprint density at radius 2 is 1.90 bits per heavy atom. The van der Waals surface area contributed by atoms with Gasteiger partial charge in [-0.1, -0.05) is 13.8 Å². The minimum absolute atomic E-state index is 0.181. The van der Waals surface area contributed by atoms with Crippen molar-refractivity contribution in [3.8, 4) is 0 Å². The fraction of sp³-hybridized carbons (Fsp3) is 0.267. The number of aryl methyl sites for hydroxylation is 1. The molecule has 0 aliphatic rings. The highest BCUT2D eigenvalue weighted by atomic mass is 127. The monoisotopic (exact) mass is 381 g/mol. The van der Waals surface area contributed by atoms with E-state index in [9.17, 15) is 4.79 Å². The van der Waals surface area contributed by atoms with E-state index in [1.807, 2.05) is 45.0 Å². The lowest BCUT2D eigenvalue weighted by Crippen LogP contribution is -2.15. The number of nitrogens with zero attached hydrogens (tertiary/aromatic N) is 2. The van der Waals surface area contributed by atoms with Crippen molar-refractivity contribution < 1.29 is 4.79 Å². The van der Waals surface area contributed by atoms with E-state index in [1.54, 1.807) is 6.20 Å². The highest BCUT2D eigenvalue weighted by Gasteiger charge is 2.13. The molecule has 0 saturated carbocycles. The molecule has 0 unspecified atom stereocenters. The van der Waals surface area contributed by atoms with Gasteiger partial charge in [0, 0.05) is 21.4 Å². The number of aromatic nitrogens is 2. The van der Waals surface area contributed by atoms with Crippen LogP contribution in [0, 0.1) is 10.5 Å². The number of benzene rings is 1. The molecule has 104 valence electrons. The zero-order valence-electron chi connectivity index (χ0n) is 11.6. The Balaban J connectivity index is 2.19. The van der Waals surface area contributed by atoms with Gasteiger partial charge in [-0.25, -0.2) is 9.97 Å². The lowest BCUT2D eigenvalue weighted by atomic mass is 10.1. The molecule has 2 aromatic rings. The van der Waals surface area contributed by atoms with Crippen LogP contribution in [0.25, 0.3) is 0 Å². The van der Waals surface area contributed by atoms with Crippen LogP contribution in [0.3, 0.4) is 0 Å². The van der Waals surface area contributed by atoms with Crippen molar-refractivity contribution in [1.29, 1.82) is 0 Å². The molecule has 0 radical (unpaired) electrons. The minimum atomic E-state index is -0.181. The Bertz CT molecular complexity index is 624. The van der Waals surface area contributed by atoms with Crippen LogP contribution in [0.5, 0.6) is 0 Å². The van der Waals surface area contributed by atoms with Gasteiger partial charge in [-0.3, -0.25) is 4.79 Å². The predicted octanol–water partition coefficient (Wildman–Crippen LogP) is 3.77. The molecule has 20 heavy (non-hydrogen) atoms. The fourth-order valence-corrected chi connectivity index (χ4v) is 2.08. The molecular weight excluding hydrogens is 365 g/mol. The number of rotatable bonds is 3. The molecule has 0 spiro atoms. The summed E-state index contributed by atoms with van der Waals surface area (Å²) in [5.74, 6) is 0.828. The minimum Gasteiger partial charge on any atom is -0.322 e. The van der Waals surface area contributed by atoms with Crippen molar-refractivity contribution in [2.75, 3.05) is 5.32 Å². The van der Waals surface area contributed by atoms with E-state index in [-0.39, 0.29) is 11.8 Å². The third-order valence-electron chi connectivity index (χ3n) is 2.86. The van der Waals surface area contributed by atoms with Gasteiger partial charge in [0.1, 0.15) is 5.82 Å². The van der Waals surface area contributed by atoms with E-state index >= 15 is 0 Å². The average molecular weight is 381 g/mol. The van der Waals surface area contributed by atoms with Crippen molar-refractivity contribution >= 4 is 34.2 Å². The van der Waals surface area contributed by atoms with Crippen LogP contribution >= 0.6 is 22.6 Å². The molecule has 1 amide bonds. The molecule has 0 aliphatic heterocycles. The van der Waals surface area contributed by atoms with Gasteiger partial charge >= 0.3 is 0 Å². The number of amides is 1. The molecule has 1 N–H and O–H groups in total. The van der Waals surface area contributed by atoms with Gasteiger partial charge in [-0.15, -0.1) is 0 Å². The molecule has 0 aliphatic carbocycles. The topological polar surface area (TPSA) is 54.9 Å². The van der Waals surface area contributed by atoms with Gasteiger partial charge in [-0.05, 0) is 53.8 Å². The van der Waals surface area contributed by atoms with Gasteiger partial charge in [-0.2, -0.15) is 0 Å². The first kappa shape index (κ1) is 14.9. The predicted molar refractivity (Wildman–Crippen MR) is 88.0 cm³/mol. The van der Waals surface area contributed by atoms with E-state index in [1.165, 1.54) is 0 Å². The van der Waals surface area contributed by atoms with Gasteiger partial charge in [0.2, 0.25) is 0 Å². The average Bonchev–Trinajstić information content (AvgIpc) is 2.41. The number of hydrogen-bond acceptors (Lipinski definition) is 3. The third-order valence-corrected chi connectivity index (χ3v) is 3.58. The van der Waals surface area contributed by atoms with E-state index in [2.05, 4.69) is 37.9 Å². The third kappa shape index (κ3) is 3.53. The standard InChI is InChI=1S/C15H16IN3O/c1-9(2)14-17-8-13(10(3)18-14)15(20)19-12-6-4-11(16)5-7-12/h4-9H,1-3H3,(H,19,20). The zero-order chi connectivity index (χ0) is 14.7. The number of anilines is 1. The largest absolute Gasteiger partial charge is 0.322 e. The van der Waals surface area contributed by atoms with Crippen molar-refractivity contribution in [2.45, 2.75) is 26.7 Å². The van der Waals surface area contributed by atoms with Crippen LogP contribution in [-0.2, 0) is 0 Å². The Morgan fingerprint density at radius 3 is 2.45 bits per heavy atom. The maximum absolute atomic E-state index is 12.2. The van der Waals surface area contributed by atoms with Crippen molar-refractivity contribution in [3.63, 3.8) is 0 Å². The SMILES string of the molecule is Cc1nc(C(C)C)ncc1C(=O)Nc1ccc(I)cc1. The van der Waals surface area contributed by atoms with Crippen molar-refractivity contribution in [2.24, 2.45) is 0 Å². The Kier molecular flexibility index (Phi) is 4.69. The molecule has 1 aromatic carbocycles. The van der Waals surface area contributed by atoms with Crippen LogP contribution in [0.15, 0.2) is 30.5 Å². The van der Waals surface area contributed by atoms with Crippen LogP contribution in [0.2, 0.25) is 0 Å². The molecular formula is C15H16IN3O. The smallest absolute Gasteiger partial charge is 0.259 e. The summed E-state index contributed by atoms with van der Waals surface area (Å²) < 4.78 is 1.13. The number of nitrogens with one attached hydrogen (secondary N) is 1. The molecule has 1 aromatic heterocycles. The van der Waals surface area contributed by atoms with E-state index in [0.717, 1.165) is 15.1 Å². The highest BCUT2D eigenvalue weighted by Crippen LogP contribution is 2.15. The van der Waals surface area contributed by atoms with Gasteiger partial charge in [0.15, 0.2) is 0 Å². The van der Waals surface area contributed by atoms with E-state index < -0.39 is 0 Å². The quantitative estimate of drug-likeness (QED) is 0.824. The van der Waals surface area contributed by atoms with Crippen LogP contribution in [0.1, 0.15) is 41.6 Å². The van der Waals surface area contributed by atoms with Gasteiger partial charge < -0.3 is 5.32 Å². The zero-order valence-corrected chi connectivity index (χ0v) is 13.8. The summed E-state index contributed by atoms with van der Waals surface area (Å²) in [7, 11) is 0. The first-order chi connectivity index (χ1) is 9.47. The van der Waals surface area contributed by atoms with Crippen molar-refractivity contribution in [3.05, 3.63) is 51.1 Å². The summed E-state index contributed by atoms with van der Waals surface area (Å²) in [6.45, 7) is 5.89. The molecule has 0 bridgehead atoms. The molecule has 5 heteroatoms. The summed E-state index contributed by atoms with van der Waals surface area (Å²) in [6, 6.07) is 7.64. The summed E-state index contributed by atoms with van der Waals surface area (Å²) in [4.78, 5) is 20.8. The summed E-state index contributed by atoms with van der Waals surface area (Å²) in [5.41, 5.74) is 1.97. The summed E-state index contributed by atoms with van der Waals surface area (Å²) in [6.07, 6.45) is 1.60. The lowest BCUT2D eigenvalue weighted by molar-refractivity contribution is 0.102. The first-order valence-corrected chi connectivity index (χ1v) is 7.45. The van der Waals surface area contributed by atoms with Gasteiger partial charge in [0.25, 0.3) is 5.91 Å². The highest BCUT2D eigenvalue weighted by molar-refractivity contribution is 14.1. The van der Waals surface area contributed by atoms with Gasteiger partial charge in [0.05, 0.1) is 11.3 Å². The first-order valence-electron chi connectivity index (χ1n) is 6.38. The van der Waals surface area contributed by atoms with Crippen LogP contribution in [0.4, 0.5) is 5.69 Å². The Hall–Kier alpha value is -1.50. The van der Waals surface area contributed by atoms with Crippen LogP contribution < -0.4 is 5.32 Å². The number of carbonyl (C=O) groups is 1. The van der Waals surface area contributed by atoms with E-state index in [4.69, 9.17) is 0 Å². The molecule has 0 fully saturated rings. The van der Waals surface area contributed by atoms with Crippen molar-refractivity contribution in [1.82, 2.24) is 9.97 Å². The molecule has 2 rings (SSSR count). The lowest BCUT2D eigenvalue weighted by Gasteiger charge is -2.09. The second-order valence-electron chi connectivity index (χ2n) is 4.84. The van der Waals surface area contributed by atoms with Crippen LogP contribution in [-0.4, -0.2) is 15.9 Å². The second-order valence-corrected chi connectivity index (χ2v) is 6.09. The van der Waals surface area contributed by atoms with E-state index in [0.29, 0.717) is 11.3 Å². The number of carbonyl (C=O) groups excluding carboxylic acids is 1. The Labute approximate surface area is 132 Å². The number of hydrogen-bond donors (Lipinski definition) is 1. The normalized spacial score (nSPS) is 10.7. The summed E-state index contributed by atoms with van der Waals surface area (Å²) >= 11 is 2.22. The molecule has 0 atom stereocenters. The summed E-state index contributed by atoms with van der Waals surface area (Å²) in [5, 5.41) is 2.85. The molecule has 1 heterocycles.